The number of allylic oxidation sites excluding steroid dienone is 2. The summed E-state index contributed by atoms with van der Waals surface area (Å²) in [5, 5.41) is 23.9. The molecule has 0 saturated carbocycles. The largest absolute Gasteiger partial charge is 0.508 e. The van der Waals surface area contributed by atoms with Gasteiger partial charge >= 0.3 is 0 Å². The molecule has 0 fully saturated rings. The molecule has 0 unspecified atom stereocenters. The fourth-order valence-electron chi connectivity index (χ4n) is 2.99. The standard InChI is InChI=1S/C24H31N3O3.ClH/c1-3-7-16-13-19(17-10-11-22(28)18(15-17)8-4-2)23(29)21(14-16)27-24(30)20(26)9-5-6-12-25;/h3-4,10-11,13-15,20,28-29H,1-2,5-9,12,25-26H2,(H,27,30);1H/t20-;/m0./s1/i10D,11D,15D;. The van der Waals surface area contributed by atoms with E-state index in [0.29, 0.717) is 31.4 Å². The molecule has 0 bridgehead atoms. The minimum Gasteiger partial charge on any atom is -0.508 e. The van der Waals surface area contributed by atoms with Crippen molar-refractivity contribution in [2.45, 2.75) is 38.1 Å². The van der Waals surface area contributed by atoms with Gasteiger partial charge in [0.1, 0.15) is 11.5 Å². The summed E-state index contributed by atoms with van der Waals surface area (Å²) in [5.74, 6) is -1.31. The molecule has 0 aliphatic heterocycles. The van der Waals surface area contributed by atoms with Crippen LogP contribution in [0.15, 0.2) is 55.6 Å². The number of anilines is 1. The Morgan fingerprint density at radius 2 is 1.90 bits per heavy atom. The van der Waals surface area contributed by atoms with Gasteiger partial charge in [0.15, 0.2) is 0 Å². The summed E-state index contributed by atoms with van der Waals surface area (Å²) >= 11 is 0. The fraction of sp³-hybridized carbons (Fsp3) is 0.292. The van der Waals surface area contributed by atoms with Crippen molar-refractivity contribution in [3.63, 3.8) is 0 Å². The van der Waals surface area contributed by atoms with Crippen molar-refractivity contribution in [1.82, 2.24) is 0 Å². The van der Waals surface area contributed by atoms with Crippen LogP contribution >= 0.6 is 12.4 Å². The number of amides is 1. The van der Waals surface area contributed by atoms with E-state index in [1.165, 1.54) is 6.08 Å². The Morgan fingerprint density at radius 1 is 1.19 bits per heavy atom. The van der Waals surface area contributed by atoms with Gasteiger partial charge < -0.3 is 27.0 Å². The molecule has 2 aromatic carbocycles. The third-order valence-corrected chi connectivity index (χ3v) is 4.60. The molecule has 0 aliphatic carbocycles. The van der Waals surface area contributed by atoms with E-state index in [1.807, 2.05) is 0 Å². The van der Waals surface area contributed by atoms with Crippen molar-refractivity contribution in [1.29, 1.82) is 0 Å². The predicted octanol–water partition coefficient (Wildman–Crippen LogP) is 4.04. The molecule has 1 atom stereocenters. The Bertz CT molecular complexity index is 1060. The molecule has 6 nitrogen and oxygen atoms in total. The van der Waals surface area contributed by atoms with Crippen LogP contribution < -0.4 is 16.8 Å². The minimum atomic E-state index is -0.798. The average Bonchev–Trinajstić information content (AvgIpc) is 2.78. The van der Waals surface area contributed by atoms with Crippen molar-refractivity contribution < 1.29 is 19.1 Å². The Morgan fingerprint density at radius 3 is 2.55 bits per heavy atom. The number of phenolic OH excluding ortho intramolecular Hbond substituents is 2. The molecule has 2 aromatic rings. The second kappa shape index (κ2) is 12.8. The third kappa shape index (κ3) is 7.14. The molecule has 0 saturated heterocycles. The van der Waals surface area contributed by atoms with Gasteiger partial charge in [0, 0.05) is 5.56 Å². The lowest BCUT2D eigenvalue weighted by atomic mass is 9.96. The molecule has 168 valence electrons. The van der Waals surface area contributed by atoms with Gasteiger partial charge in [-0.15, -0.1) is 25.6 Å². The van der Waals surface area contributed by atoms with E-state index in [9.17, 15) is 15.0 Å². The van der Waals surface area contributed by atoms with E-state index >= 15 is 0 Å². The molecular weight excluding hydrogens is 414 g/mol. The highest BCUT2D eigenvalue weighted by molar-refractivity contribution is 5.97. The normalized spacial score (nSPS) is 12.6. The van der Waals surface area contributed by atoms with Gasteiger partial charge in [-0.2, -0.15) is 0 Å². The molecule has 1 amide bonds. The lowest BCUT2D eigenvalue weighted by Crippen LogP contribution is -2.35. The zero-order chi connectivity index (χ0) is 24.7. The first kappa shape index (κ1) is 21.4. The Kier molecular flexibility index (Phi) is 8.85. The zero-order valence-corrected chi connectivity index (χ0v) is 18.2. The summed E-state index contributed by atoms with van der Waals surface area (Å²) in [7, 11) is 0. The van der Waals surface area contributed by atoms with Gasteiger partial charge in [-0.05, 0) is 73.1 Å². The van der Waals surface area contributed by atoms with Gasteiger partial charge in [-0.1, -0.05) is 24.6 Å². The predicted molar refractivity (Wildman–Crippen MR) is 130 cm³/mol. The monoisotopic (exact) mass is 448 g/mol. The number of hydrogen-bond donors (Lipinski definition) is 5. The van der Waals surface area contributed by atoms with E-state index in [0.717, 1.165) is 6.42 Å². The molecule has 0 radical (unpaired) electrons. The first-order chi connectivity index (χ1) is 15.7. The molecule has 7 heteroatoms. The van der Waals surface area contributed by atoms with Gasteiger partial charge in [-0.25, -0.2) is 0 Å². The number of hydrogen-bond acceptors (Lipinski definition) is 5. The van der Waals surface area contributed by atoms with Crippen LogP contribution in [0.3, 0.4) is 0 Å². The number of nitrogens with one attached hydrogen (secondary N) is 1. The maximum absolute atomic E-state index is 12.6. The van der Waals surface area contributed by atoms with Crippen molar-refractivity contribution in [3.8, 4) is 22.6 Å². The van der Waals surface area contributed by atoms with E-state index in [4.69, 9.17) is 15.6 Å². The van der Waals surface area contributed by atoms with Gasteiger partial charge in [-0.3, -0.25) is 4.79 Å². The van der Waals surface area contributed by atoms with Gasteiger partial charge in [0.2, 0.25) is 5.91 Å². The van der Waals surface area contributed by atoms with Crippen LogP contribution in [0.4, 0.5) is 5.69 Å². The number of carbonyl (C=O) groups excluding carboxylic acids is 1. The number of aromatic hydroxyl groups is 2. The smallest absolute Gasteiger partial charge is 0.241 e. The fourth-order valence-corrected chi connectivity index (χ4v) is 2.99. The highest BCUT2D eigenvalue weighted by Gasteiger charge is 2.18. The number of phenols is 2. The van der Waals surface area contributed by atoms with E-state index < -0.39 is 29.8 Å². The van der Waals surface area contributed by atoms with Crippen LogP contribution in [0.5, 0.6) is 11.5 Å². The lowest BCUT2D eigenvalue weighted by Gasteiger charge is -2.17. The molecule has 0 heterocycles. The first-order valence-electron chi connectivity index (χ1n) is 11.3. The number of nitrogens with two attached hydrogens (primary N) is 2. The van der Waals surface area contributed by atoms with Crippen molar-refractivity contribution in [3.05, 3.63) is 66.7 Å². The quantitative estimate of drug-likeness (QED) is 0.202. The summed E-state index contributed by atoms with van der Waals surface area (Å²) in [6.07, 6.45) is 5.48. The Labute approximate surface area is 194 Å². The van der Waals surface area contributed by atoms with Gasteiger partial charge in [0.05, 0.1) is 15.8 Å². The summed E-state index contributed by atoms with van der Waals surface area (Å²) < 4.78 is 25.0. The summed E-state index contributed by atoms with van der Waals surface area (Å²) in [4.78, 5) is 12.6. The van der Waals surface area contributed by atoms with Gasteiger partial charge in [0.25, 0.3) is 0 Å². The topological polar surface area (TPSA) is 122 Å². The van der Waals surface area contributed by atoms with Crippen molar-refractivity contribution in [2.75, 3.05) is 11.9 Å². The van der Waals surface area contributed by atoms with Crippen LogP contribution in [-0.2, 0) is 17.6 Å². The maximum atomic E-state index is 12.6. The number of unbranched alkanes of at least 4 members (excludes halogenated alkanes) is 1. The maximum Gasteiger partial charge on any atom is 0.241 e. The van der Waals surface area contributed by atoms with E-state index in [-0.39, 0.29) is 53.0 Å². The number of carbonyl (C=O) groups is 1. The summed E-state index contributed by atoms with van der Waals surface area (Å²) in [6, 6.07) is 1.29. The Hall–Kier alpha value is -2.80. The molecule has 7 N–H and O–H groups in total. The summed E-state index contributed by atoms with van der Waals surface area (Å²) in [6.45, 7) is 7.83. The van der Waals surface area contributed by atoms with Crippen molar-refractivity contribution >= 4 is 24.0 Å². The molecule has 0 aliphatic rings. The Balaban J connectivity index is 0.00000578. The van der Waals surface area contributed by atoms with Crippen LogP contribution in [0.25, 0.3) is 11.1 Å². The second-order valence-electron chi connectivity index (χ2n) is 6.98. The average molecular weight is 449 g/mol. The number of halogens is 1. The molecule has 31 heavy (non-hydrogen) atoms. The lowest BCUT2D eigenvalue weighted by molar-refractivity contribution is -0.117. The number of benzene rings is 2. The first-order valence-corrected chi connectivity index (χ1v) is 9.83. The van der Waals surface area contributed by atoms with Crippen molar-refractivity contribution in [2.24, 2.45) is 11.5 Å². The number of rotatable bonds is 11. The molecule has 0 spiro atoms. The van der Waals surface area contributed by atoms with Crippen LogP contribution in [0, 0.1) is 0 Å². The van der Waals surface area contributed by atoms with E-state index in [2.05, 4.69) is 18.5 Å². The van der Waals surface area contributed by atoms with Crippen LogP contribution in [0.2, 0.25) is 0 Å². The zero-order valence-electron chi connectivity index (χ0n) is 20.4. The minimum absolute atomic E-state index is 0. The van der Waals surface area contributed by atoms with E-state index in [1.54, 1.807) is 18.2 Å². The molecule has 0 aromatic heterocycles. The highest BCUT2D eigenvalue weighted by atomic mass is 35.5. The summed E-state index contributed by atoms with van der Waals surface area (Å²) in [5.41, 5.74) is 12.4. The molecular formula is C24H32ClN3O3. The second-order valence-corrected chi connectivity index (χ2v) is 6.98. The van der Waals surface area contributed by atoms with Crippen LogP contribution in [-0.4, -0.2) is 28.7 Å². The van der Waals surface area contributed by atoms with Crippen LogP contribution in [0.1, 0.15) is 34.5 Å². The highest BCUT2D eigenvalue weighted by Crippen LogP contribution is 2.38. The SMILES string of the molecule is Cl.[2H]c1c([2H])c(-c2cc(CC=C)cc(NC(=O)[C@@H](N)CCCCN)c2O)c([2H])c(CC=C)c1O. The molecule has 2 rings (SSSR count). The third-order valence-electron chi connectivity index (χ3n) is 4.60.